The molecule has 2 aromatic carbocycles. The number of nitrogens with one attached hydrogen (secondary N) is 1. The lowest BCUT2D eigenvalue weighted by atomic mass is 10.1. The number of likely N-dealkylation sites (N-methyl/N-ethyl adjacent to an activating group) is 1. The van der Waals surface area contributed by atoms with Gasteiger partial charge in [0.2, 0.25) is 0 Å². The van der Waals surface area contributed by atoms with Crippen LogP contribution in [0.3, 0.4) is 0 Å². The number of hydrogen-bond acceptors (Lipinski definition) is 3. The molecule has 2 amide bonds. The molecule has 4 rings (SSSR count). The lowest BCUT2D eigenvalue weighted by molar-refractivity contribution is -0.128. The number of thiocarbonyl (C=S) groups is 1. The minimum absolute atomic E-state index is 0.0775. The fraction of sp³-hybridized carbons (Fsp3) is 0.0952. The number of carbonyl (C=O) groups excluding carboxylic acids is 2. The predicted molar refractivity (Wildman–Crippen MR) is 109 cm³/mol. The van der Waals surface area contributed by atoms with E-state index in [1.807, 2.05) is 48.7 Å². The molecule has 0 aliphatic carbocycles. The Morgan fingerprint density at radius 1 is 1.04 bits per heavy atom. The third-order valence-electron chi connectivity index (χ3n) is 4.62. The van der Waals surface area contributed by atoms with Crippen molar-refractivity contribution in [2.24, 2.45) is 0 Å². The maximum Gasteiger partial charge on any atom is 0.265 e. The fourth-order valence-corrected chi connectivity index (χ4v) is 3.38. The molecule has 5 nitrogen and oxygen atoms in total. The summed E-state index contributed by atoms with van der Waals surface area (Å²) in [5.41, 5.74) is 3.12. The number of amides is 2. The van der Waals surface area contributed by atoms with Crippen molar-refractivity contribution >= 4 is 46.1 Å². The molecule has 1 N–H and O–H groups in total. The molecule has 27 heavy (non-hydrogen) atoms. The Morgan fingerprint density at radius 3 is 2.52 bits per heavy atom. The highest BCUT2D eigenvalue weighted by molar-refractivity contribution is 7.80. The maximum atomic E-state index is 12.5. The van der Waals surface area contributed by atoms with Gasteiger partial charge in [0.15, 0.2) is 5.11 Å². The van der Waals surface area contributed by atoms with Gasteiger partial charge in [0.1, 0.15) is 5.57 Å². The van der Waals surface area contributed by atoms with Gasteiger partial charge in [-0.1, -0.05) is 48.5 Å². The van der Waals surface area contributed by atoms with Crippen LogP contribution in [0.15, 0.2) is 66.4 Å². The van der Waals surface area contributed by atoms with Crippen molar-refractivity contribution in [2.45, 2.75) is 6.54 Å². The minimum Gasteiger partial charge on any atom is -0.342 e. The molecule has 1 fully saturated rings. The van der Waals surface area contributed by atoms with E-state index in [9.17, 15) is 9.59 Å². The molecule has 1 aromatic heterocycles. The fourth-order valence-electron chi connectivity index (χ4n) is 3.20. The van der Waals surface area contributed by atoms with Gasteiger partial charge in [0.25, 0.3) is 11.8 Å². The van der Waals surface area contributed by atoms with Crippen molar-refractivity contribution in [2.75, 3.05) is 7.05 Å². The normalized spacial score (nSPS) is 16.3. The van der Waals surface area contributed by atoms with Gasteiger partial charge in [-0.3, -0.25) is 19.8 Å². The van der Waals surface area contributed by atoms with E-state index >= 15 is 0 Å². The monoisotopic (exact) mass is 375 g/mol. The van der Waals surface area contributed by atoms with E-state index in [-0.39, 0.29) is 10.7 Å². The molecular weight excluding hydrogens is 358 g/mol. The van der Waals surface area contributed by atoms with E-state index in [2.05, 4.69) is 22.0 Å². The van der Waals surface area contributed by atoms with E-state index < -0.39 is 11.8 Å². The first-order chi connectivity index (χ1) is 13.0. The minimum atomic E-state index is -0.469. The molecule has 1 aliphatic rings. The molecule has 0 unspecified atom stereocenters. The third-order valence-corrected chi connectivity index (χ3v) is 5.00. The Morgan fingerprint density at radius 2 is 1.74 bits per heavy atom. The molecule has 1 aliphatic heterocycles. The van der Waals surface area contributed by atoms with E-state index in [1.165, 1.54) is 10.5 Å². The van der Waals surface area contributed by atoms with Gasteiger partial charge in [-0.05, 0) is 29.9 Å². The quantitative estimate of drug-likeness (QED) is 0.435. The first-order valence-corrected chi connectivity index (χ1v) is 8.92. The second kappa shape index (κ2) is 6.81. The Balaban J connectivity index is 1.80. The summed E-state index contributed by atoms with van der Waals surface area (Å²) in [5.74, 6) is -0.869. The van der Waals surface area contributed by atoms with Crippen LogP contribution in [-0.2, 0) is 16.1 Å². The second-order valence-electron chi connectivity index (χ2n) is 6.40. The molecule has 3 aromatic rings. The molecule has 6 heteroatoms. The number of benzene rings is 2. The average Bonchev–Trinajstić information content (AvgIpc) is 3.02. The zero-order chi connectivity index (χ0) is 19.0. The number of rotatable bonds is 3. The number of nitrogens with zero attached hydrogens (tertiary/aromatic N) is 2. The van der Waals surface area contributed by atoms with Crippen LogP contribution in [-0.4, -0.2) is 33.4 Å². The molecule has 0 bridgehead atoms. The van der Waals surface area contributed by atoms with Gasteiger partial charge in [0, 0.05) is 36.3 Å². The molecule has 134 valence electrons. The number of para-hydroxylation sites is 1. The lowest BCUT2D eigenvalue weighted by Gasteiger charge is -2.24. The summed E-state index contributed by atoms with van der Waals surface area (Å²) < 4.78 is 2.12. The van der Waals surface area contributed by atoms with Crippen LogP contribution in [0.25, 0.3) is 17.0 Å². The number of hydrogen-bond donors (Lipinski definition) is 1. The molecular formula is C21H17N3O2S. The molecule has 0 atom stereocenters. The summed E-state index contributed by atoms with van der Waals surface area (Å²) in [4.78, 5) is 26.0. The average molecular weight is 375 g/mol. The van der Waals surface area contributed by atoms with Crippen LogP contribution in [0.4, 0.5) is 0 Å². The van der Waals surface area contributed by atoms with Gasteiger partial charge in [0.05, 0.1) is 0 Å². The highest BCUT2D eigenvalue weighted by Crippen LogP contribution is 2.25. The SMILES string of the molecule is CN1C(=O)/C(=C/c2cn(Cc3ccccc3)c3ccccc23)C(=O)NC1=S. The van der Waals surface area contributed by atoms with E-state index in [0.29, 0.717) is 6.54 Å². The van der Waals surface area contributed by atoms with Crippen molar-refractivity contribution in [1.82, 2.24) is 14.8 Å². The molecule has 1 saturated heterocycles. The number of fused-ring (bicyclic) bond motifs is 1. The number of aromatic nitrogens is 1. The first kappa shape index (κ1) is 17.2. The standard InChI is InChI=1S/C21H17N3O2S/c1-23-20(26)17(19(25)22-21(23)27)11-15-13-24(12-14-7-3-2-4-8-14)18-10-6-5-9-16(15)18/h2-11,13H,12H2,1H3,(H,22,25,27)/b17-11+. The van der Waals surface area contributed by atoms with Gasteiger partial charge in [-0.2, -0.15) is 0 Å². The van der Waals surface area contributed by atoms with Crippen molar-refractivity contribution in [3.8, 4) is 0 Å². The van der Waals surface area contributed by atoms with Crippen molar-refractivity contribution in [1.29, 1.82) is 0 Å². The van der Waals surface area contributed by atoms with Crippen molar-refractivity contribution < 1.29 is 9.59 Å². The van der Waals surface area contributed by atoms with E-state index in [1.54, 1.807) is 13.1 Å². The summed E-state index contributed by atoms with van der Waals surface area (Å²) in [6.07, 6.45) is 3.61. The van der Waals surface area contributed by atoms with Crippen LogP contribution in [0, 0.1) is 0 Å². The van der Waals surface area contributed by atoms with Gasteiger partial charge in [-0.25, -0.2) is 0 Å². The zero-order valence-electron chi connectivity index (χ0n) is 14.7. The smallest absolute Gasteiger partial charge is 0.265 e. The van der Waals surface area contributed by atoms with Crippen LogP contribution in [0.1, 0.15) is 11.1 Å². The van der Waals surface area contributed by atoms with Gasteiger partial charge < -0.3 is 4.57 Å². The van der Waals surface area contributed by atoms with Crippen LogP contribution in [0.5, 0.6) is 0 Å². The molecule has 0 radical (unpaired) electrons. The maximum absolute atomic E-state index is 12.5. The third kappa shape index (κ3) is 3.15. The molecule has 0 spiro atoms. The predicted octanol–water partition coefficient (Wildman–Crippen LogP) is 2.95. The first-order valence-electron chi connectivity index (χ1n) is 8.51. The number of carbonyl (C=O) groups is 2. The summed E-state index contributed by atoms with van der Waals surface area (Å²) in [6, 6.07) is 18.1. The second-order valence-corrected chi connectivity index (χ2v) is 6.78. The van der Waals surface area contributed by atoms with Gasteiger partial charge in [-0.15, -0.1) is 0 Å². The van der Waals surface area contributed by atoms with Crippen molar-refractivity contribution in [3.05, 3.63) is 77.5 Å². The lowest BCUT2D eigenvalue weighted by Crippen LogP contribution is -2.52. The summed E-state index contributed by atoms with van der Waals surface area (Å²) >= 11 is 5.00. The van der Waals surface area contributed by atoms with Crippen molar-refractivity contribution in [3.63, 3.8) is 0 Å². The Hall–Kier alpha value is -3.25. The topological polar surface area (TPSA) is 54.3 Å². The zero-order valence-corrected chi connectivity index (χ0v) is 15.5. The van der Waals surface area contributed by atoms with Crippen LogP contribution < -0.4 is 5.32 Å². The van der Waals surface area contributed by atoms with Crippen LogP contribution in [0.2, 0.25) is 0 Å². The Bertz CT molecular complexity index is 1100. The summed E-state index contributed by atoms with van der Waals surface area (Å²) in [5, 5.41) is 3.65. The Labute approximate surface area is 161 Å². The largest absolute Gasteiger partial charge is 0.342 e. The van der Waals surface area contributed by atoms with E-state index in [0.717, 1.165) is 16.5 Å². The van der Waals surface area contributed by atoms with Gasteiger partial charge >= 0.3 is 0 Å². The summed E-state index contributed by atoms with van der Waals surface area (Å²) in [7, 11) is 1.55. The summed E-state index contributed by atoms with van der Waals surface area (Å²) in [6.45, 7) is 0.703. The van der Waals surface area contributed by atoms with E-state index in [4.69, 9.17) is 12.2 Å². The van der Waals surface area contributed by atoms with Crippen LogP contribution >= 0.6 is 12.2 Å². The Kier molecular flexibility index (Phi) is 4.33. The highest BCUT2D eigenvalue weighted by atomic mass is 32.1. The molecule has 0 saturated carbocycles. The molecule has 2 heterocycles. The highest BCUT2D eigenvalue weighted by Gasteiger charge is 2.31.